The summed E-state index contributed by atoms with van der Waals surface area (Å²) in [6.45, 7) is 3.67. The van der Waals surface area contributed by atoms with E-state index in [2.05, 4.69) is 5.32 Å². The Bertz CT molecular complexity index is 895. The fraction of sp³-hybridized carbons (Fsp3) is 0.316. The predicted molar refractivity (Wildman–Crippen MR) is 110 cm³/mol. The second-order valence-electron chi connectivity index (χ2n) is 5.98. The number of aryl methyl sites for hydroxylation is 2. The zero-order valence-electron chi connectivity index (χ0n) is 15.4. The van der Waals surface area contributed by atoms with Crippen LogP contribution in [0.15, 0.2) is 47.4 Å². The molecule has 0 spiro atoms. The minimum Gasteiger partial charge on any atom is -0.324 e. The number of benzene rings is 2. The summed E-state index contributed by atoms with van der Waals surface area (Å²) in [4.78, 5) is 13.5. The zero-order valence-corrected chi connectivity index (χ0v) is 17.1. The summed E-state index contributed by atoms with van der Waals surface area (Å²) >= 11 is 1.52. The maximum absolute atomic E-state index is 12.6. The third kappa shape index (κ3) is 5.02. The van der Waals surface area contributed by atoms with Gasteiger partial charge in [-0.05, 0) is 48.9 Å². The highest BCUT2D eigenvalue weighted by Gasteiger charge is 2.22. The Morgan fingerprint density at radius 3 is 2.50 bits per heavy atom. The summed E-state index contributed by atoms with van der Waals surface area (Å²) in [5.74, 6) is -0.367. The number of para-hydroxylation sites is 1. The topological polar surface area (TPSA) is 66.5 Å². The Kier molecular flexibility index (Phi) is 6.72. The van der Waals surface area contributed by atoms with Crippen LogP contribution in [0.1, 0.15) is 18.1 Å². The van der Waals surface area contributed by atoms with E-state index in [0.29, 0.717) is 5.69 Å². The molecule has 2 aromatic carbocycles. The van der Waals surface area contributed by atoms with E-state index in [-0.39, 0.29) is 12.5 Å². The Morgan fingerprint density at radius 1 is 1.19 bits per heavy atom. The highest BCUT2D eigenvalue weighted by atomic mass is 32.2. The standard InChI is InChI=1S/C19H24N2O3S2/c1-5-15-9-6-8-14(2)19(15)20-18(22)13-21(26(4,23)24)16-10-7-11-17(12-16)25-3/h6-12H,5,13H2,1-4H3,(H,20,22). The molecule has 0 saturated carbocycles. The van der Waals surface area contributed by atoms with Gasteiger partial charge in [0.05, 0.1) is 11.9 Å². The molecule has 2 rings (SSSR count). The van der Waals surface area contributed by atoms with Gasteiger partial charge in [-0.25, -0.2) is 8.42 Å². The molecule has 0 unspecified atom stereocenters. The van der Waals surface area contributed by atoms with Crippen molar-refractivity contribution in [1.82, 2.24) is 0 Å². The summed E-state index contributed by atoms with van der Waals surface area (Å²) in [5, 5.41) is 2.88. The fourth-order valence-electron chi connectivity index (χ4n) is 2.68. The van der Waals surface area contributed by atoms with E-state index in [9.17, 15) is 13.2 Å². The first-order chi connectivity index (χ1) is 12.3. The lowest BCUT2D eigenvalue weighted by Crippen LogP contribution is -2.37. The number of sulfonamides is 1. The number of amides is 1. The molecule has 0 heterocycles. The summed E-state index contributed by atoms with van der Waals surface area (Å²) in [6.07, 6.45) is 3.81. The third-order valence-electron chi connectivity index (χ3n) is 4.03. The van der Waals surface area contributed by atoms with Gasteiger partial charge in [0.2, 0.25) is 15.9 Å². The normalized spacial score (nSPS) is 11.2. The minimum absolute atomic E-state index is 0.270. The van der Waals surface area contributed by atoms with E-state index >= 15 is 0 Å². The minimum atomic E-state index is -3.59. The van der Waals surface area contributed by atoms with Crippen molar-refractivity contribution in [3.05, 3.63) is 53.6 Å². The number of nitrogens with zero attached hydrogens (tertiary/aromatic N) is 1. The molecule has 0 bridgehead atoms. The predicted octanol–water partition coefficient (Wildman–Crippen LogP) is 3.68. The Labute approximate surface area is 159 Å². The fourth-order valence-corrected chi connectivity index (χ4v) is 3.98. The van der Waals surface area contributed by atoms with E-state index in [1.54, 1.807) is 18.2 Å². The number of hydrogen-bond donors (Lipinski definition) is 1. The van der Waals surface area contributed by atoms with Crippen molar-refractivity contribution in [3.63, 3.8) is 0 Å². The zero-order chi connectivity index (χ0) is 19.3. The van der Waals surface area contributed by atoms with Crippen LogP contribution in [-0.2, 0) is 21.2 Å². The van der Waals surface area contributed by atoms with Crippen LogP contribution >= 0.6 is 11.8 Å². The summed E-state index contributed by atoms with van der Waals surface area (Å²) < 4.78 is 25.6. The second-order valence-corrected chi connectivity index (χ2v) is 8.77. The van der Waals surface area contributed by atoms with E-state index < -0.39 is 10.0 Å². The van der Waals surface area contributed by atoms with Crippen molar-refractivity contribution in [3.8, 4) is 0 Å². The van der Waals surface area contributed by atoms with Gasteiger partial charge in [-0.3, -0.25) is 9.10 Å². The molecule has 0 aliphatic heterocycles. The molecular weight excluding hydrogens is 368 g/mol. The molecule has 1 amide bonds. The van der Waals surface area contributed by atoms with E-state index in [0.717, 1.165) is 38.7 Å². The van der Waals surface area contributed by atoms with Crippen LogP contribution in [0.3, 0.4) is 0 Å². The maximum Gasteiger partial charge on any atom is 0.245 e. The summed E-state index contributed by atoms with van der Waals surface area (Å²) in [5.41, 5.74) is 3.21. The number of rotatable bonds is 7. The van der Waals surface area contributed by atoms with E-state index in [1.165, 1.54) is 11.8 Å². The lowest BCUT2D eigenvalue weighted by atomic mass is 10.1. The monoisotopic (exact) mass is 392 g/mol. The van der Waals surface area contributed by atoms with Gasteiger partial charge in [0, 0.05) is 10.6 Å². The van der Waals surface area contributed by atoms with Crippen LogP contribution in [-0.4, -0.2) is 33.4 Å². The van der Waals surface area contributed by atoms with Gasteiger partial charge >= 0.3 is 0 Å². The number of hydrogen-bond acceptors (Lipinski definition) is 4. The Hall–Kier alpha value is -1.99. The lowest BCUT2D eigenvalue weighted by Gasteiger charge is -2.23. The van der Waals surface area contributed by atoms with Gasteiger partial charge in [0.1, 0.15) is 6.54 Å². The van der Waals surface area contributed by atoms with Crippen LogP contribution < -0.4 is 9.62 Å². The van der Waals surface area contributed by atoms with Crippen LogP contribution in [0, 0.1) is 6.92 Å². The second kappa shape index (κ2) is 8.60. The van der Waals surface area contributed by atoms with Gasteiger partial charge in [-0.1, -0.05) is 31.2 Å². The summed E-state index contributed by atoms with van der Waals surface area (Å²) in [7, 11) is -3.59. The molecule has 0 fully saturated rings. The van der Waals surface area contributed by atoms with Crippen LogP contribution in [0.2, 0.25) is 0 Å². The largest absolute Gasteiger partial charge is 0.324 e. The molecule has 0 radical (unpaired) electrons. The highest BCUT2D eigenvalue weighted by Crippen LogP contribution is 2.25. The first-order valence-corrected chi connectivity index (χ1v) is 11.3. The molecule has 0 saturated heterocycles. The summed E-state index contributed by atoms with van der Waals surface area (Å²) in [6, 6.07) is 13.0. The van der Waals surface area contributed by atoms with Crippen molar-refractivity contribution in [2.75, 3.05) is 28.7 Å². The van der Waals surface area contributed by atoms with Gasteiger partial charge in [-0.15, -0.1) is 11.8 Å². The average Bonchev–Trinajstić information content (AvgIpc) is 2.60. The molecule has 5 nitrogen and oxygen atoms in total. The SMILES string of the molecule is CCc1cccc(C)c1NC(=O)CN(c1cccc(SC)c1)S(C)(=O)=O. The molecule has 0 aliphatic rings. The molecule has 2 aromatic rings. The Morgan fingerprint density at radius 2 is 1.88 bits per heavy atom. The van der Waals surface area contributed by atoms with Crippen LogP contribution in [0.25, 0.3) is 0 Å². The van der Waals surface area contributed by atoms with Crippen molar-refractivity contribution in [2.24, 2.45) is 0 Å². The van der Waals surface area contributed by atoms with Gasteiger partial charge < -0.3 is 5.32 Å². The third-order valence-corrected chi connectivity index (χ3v) is 5.90. The molecule has 7 heteroatoms. The number of carbonyl (C=O) groups excluding carboxylic acids is 1. The Balaban J connectivity index is 2.28. The molecule has 0 aliphatic carbocycles. The number of anilines is 2. The van der Waals surface area contributed by atoms with Crippen molar-refractivity contribution in [2.45, 2.75) is 25.2 Å². The first kappa shape index (κ1) is 20.3. The molecule has 0 atom stereocenters. The lowest BCUT2D eigenvalue weighted by molar-refractivity contribution is -0.114. The molecule has 140 valence electrons. The number of thioether (sulfide) groups is 1. The van der Waals surface area contributed by atoms with E-state index in [1.807, 2.05) is 44.4 Å². The maximum atomic E-state index is 12.6. The van der Waals surface area contributed by atoms with Gasteiger partial charge in [0.25, 0.3) is 0 Å². The molecular formula is C19H24N2O3S2. The quantitative estimate of drug-likeness (QED) is 0.730. The van der Waals surface area contributed by atoms with E-state index in [4.69, 9.17) is 0 Å². The number of nitrogens with one attached hydrogen (secondary N) is 1. The van der Waals surface area contributed by atoms with Gasteiger partial charge in [-0.2, -0.15) is 0 Å². The molecule has 0 aromatic heterocycles. The smallest absolute Gasteiger partial charge is 0.245 e. The van der Waals surface area contributed by atoms with Crippen molar-refractivity contribution in [1.29, 1.82) is 0 Å². The number of carbonyl (C=O) groups is 1. The highest BCUT2D eigenvalue weighted by molar-refractivity contribution is 7.98. The first-order valence-electron chi connectivity index (χ1n) is 8.26. The average molecular weight is 393 g/mol. The van der Waals surface area contributed by atoms with Crippen LogP contribution in [0.5, 0.6) is 0 Å². The molecule has 26 heavy (non-hydrogen) atoms. The molecule has 1 N–H and O–H groups in total. The van der Waals surface area contributed by atoms with Gasteiger partial charge in [0.15, 0.2) is 0 Å². The van der Waals surface area contributed by atoms with Crippen LogP contribution in [0.4, 0.5) is 11.4 Å². The van der Waals surface area contributed by atoms with Crippen molar-refractivity contribution >= 4 is 39.1 Å². The van der Waals surface area contributed by atoms with Crippen molar-refractivity contribution < 1.29 is 13.2 Å².